The number of rotatable bonds is 12. The maximum absolute atomic E-state index is 13.1. The van der Waals surface area contributed by atoms with Gasteiger partial charge in [0.1, 0.15) is 11.5 Å². The summed E-state index contributed by atoms with van der Waals surface area (Å²) >= 11 is 0. The van der Waals surface area contributed by atoms with Gasteiger partial charge in [-0.1, -0.05) is 20.4 Å². The van der Waals surface area contributed by atoms with Crippen LogP contribution in [0.15, 0.2) is 48.6 Å². The van der Waals surface area contributed by atoms with Gasteiger partial charge in [0, 0.05) is 17.7 Å². The monoisotopic (exact) mass is 570 g/mol. The summed E-state index contributed by atoms with van der Waals surface area (Å²) in [6.45, 7) is 15.1. The number of benzene rings is 2. The standard InChI is InChI=1S/C31H38O10/c1-9-19(4)27(35)40-25-16-20(32)10-13-23(25)41-29(37)31(7,8)15-14-30(5,6)28(36)38-21-11-12-22(33)24(17-21)39-26(34)18(2)3/h10-13,16-17,19,32-33H,2,9,14-15H2,1,3-8H3. The van der Waals surface area contributed by atoms with Crippen molar-refractivity contribution in [2.45, 2.75) is 67.7 Å². The summed E-state index contributed by atoms with van der Waals surface area (Å²) in [7, 11) is 0. The van der Waals surface area contributed by atoms with Crippen molar-refractivity contribution in [1.82, 2.24) is 0 Å². The van der Waals surface area contributed by atoms with Crippen LogP contribution in [0.3, 0.4) is 0 Å². The fourth-order valence-corrected chi connectivity index (χ4v) is 3.18. The fraction of sp³-hybridized carbons (Fsp3) is 0.419. The van der Waals surface area contributed by atoms with Gasteiger partial charge < -0.3 is 29.2 Å². The van der Waals surface area contributed by atoms with Crippen molar-refractivity contribution >= 4 is 23.9 Å². The normalized spacial score (nSPS) is 12.2. The van der Waals surface area contributed by atoms with Gasteiger partial charge in [0.25, 0.3) is 0 Å². The fourth-order valence-electron chi connectivity index (χ4n) is 3.18. The van der Waals surface area contributed by atoms with Crippen LogP contribution in [0.25, 0.3) is 0 Å². The zero-order valence-corrected chi connectivity index (χ0v) is 24.5. The number of hydrogen-bond acceptors (Lipinski definition) is 10. The van der Waals surface area contributed by atoms with E-state index in [0.717, 1.165) is 0 Å². The van der Waals surface area contributed by atoms with Gasteiger partial charge >= 0.3 is 23.9 Å². The number of aromatic hydroxyl groups is 2. The molecule has 0 fully saturated rings. The third kappa shape index (κ3) is 9.09. The Morgan fingerprint density at radius 1 is 0.805 bits per heavy atom. The molecule has 2 rings (SSSR count). The summed E-state index contributed by atoms with van der Waals surface area (Å²) in [6.07, 6.45) is 1.01. The van der Waals surface area contributed by atoms with E-state index in [1.807, 2.05) is 6.92 Å². The third-order valence-corrected chi connectivity index (χ3v) is 6.53. The first-order chi connectivity index (χ1) is 19.0. The van der Waals surface area contributed by atoms with Crippen LogP contribution < -0.4 is 18.9 Å². The molecule has 222 valence electrons. The second-order valence-corrected chi connectivity index (χ2v) is 11.2. The van der Waals surface area contributed by atoms with E-state index in [-0.39, 0.29) is 58.8 Å². The summed E-state index contributed by atoms with van der Waals surface area (Å²) in [5, 5.41) is 19.8. The zero-order chi connectivity index (χ0) is 31.1. The van der Waals surface area contributed by atoms with E-state index < -0.39 is 34.7 Å². The summed E-state index contributed by atoms with van der Waals surface area (Å²) < 4.78 is 21.5. The molecular formula is C31H38O10. The Morgan fingerprint density at radius 2 is 1.39 bits per heavy atom. The van der Waals surface area contributed by atoms with Crippen LogP contribution in [0.5, 0.6) is 34.5 Å². The second kappa shape index (κ2) is 13.3. The van der Waals surface area contributed by atoms with Gasteiger partial charge in [-0.25, -0.2) is 4.79 Å². The van der Waals surface area contributed by atoms with Crippen LogP contribution in [0, 0.1) is 16.7 Å². The zero-order valence-electron chi connectivity index (χ0n) is 24.5. The molecular weight excluding hydrogens is 532 g/mol. The Hall–Kier alpha value is -4.34. The Bertz CT molecular complexity index is 1320. The van der Waals surface area contributed by atoms with Crippen molar-refractivity contribution in [3.05, 3.63) is 48.6 Å². The highest BCUT2D eigenvalue weighted by Gasteiger charge is 2.37. The largest absolute Gasteiger partial charge is 0.508 e. The average molecular weight is 571 g/mol. The molecule has 0 spiro atoms. The molecule has 1 unspecified atom stereocenters. The lowest BCUT2D eigenvalue weighted by Crippen LogP contribution is -2.34. The Labute approximate surface area is 239 Å². The molecule has 2 N–H and O–H groups in total. The molecule has 0 aliphatic heterocycles. The Balaban J connectivity index is 2.09. The highest BCUT2D eigenvalue weighted by atomic mass is 16.6. The first kappa shape index (κ1) is 32.9. The highest BCUT2D eigenvalue weighted by molar-refractivity contribution is 5.89. The van der Waals surface area contributed by atoms with Crippen molar-refractivity contribution in [3.8, 4) is 34.5 Å². The van der Waals surface area contributed by atoms with Crippen LogP contribution in [-0.4, -0.2) is 34.1 Å². The summed E-state index contributed by atoms with van der Waals surface area (Å²) in [5.74, 6) is -3.61. The lowest BCUT2D eigenvalue weighted by Gasteiger charge is -2.28. The van der Waals surface area contributed by atoms with Gasteiger partial charge in [0.15, 0.2) is 23.0 Å². The number of hydrogen-bond donors (Lipinski definition) is 2. The molecule has 41 heavy (non-hydrogen) atoms. The van der Waals surface area contributed by atoms with Crippen LogP contribution in [-0.2, 0) is 19.2 Å². The molecule has 0 aliphatic rings. The predicted molar refractivity (Wildman–Crippen MR) is 150 cm³/mol. The van der Waals surface area contributed by atoms with Crippen molar-refractivity contribution < 1.29 is 48.3 Å². The molecule has 0 bridgehead atoms. The molecule has 2 aromatic carbocycles. The smallest absolute Gasteiger partial charge is 0.338 e. The lowest BCUT2D eigenvalue weighted by atomic mass is 9.79. The Morgan fingerprint density at radius 3 is 1.95 bits per heavy atom. The molecule has 0 saturated carbocycles. The molecule has 0 radical (unpaired) electrons. The van der Waals surface area contributed by atoms with Crippen LogP contribution in [0.2, 0.25) is 0 Å². The van der Waals surface area contributed by atoms with Crippen molar-refractivity contribution in [3.63, 3.8) is 0 Å². The second-order valence-electron chi connectivity index (χ2n) is 11.2. The summed E-state index contributed by atoms with van der Waals surface area (Å²) in [5.41, 5.74) is -1.97. The minimum absolute atomic E-state index is 0.0216. The molecule has 10 nitrogen and oxygen atoms in total. The predicted octanol–water partition coefficient (Wildman–Crippen LogP) is 5.87. The van der Waals surface area contributed by atoms with Gasteiger partial charge in [0.2, 0.25) is 0 Å². The number of phenols is 2. The van der Waals surface area contributed by atoms with Gasteiger partial charge in [-0.05, 0) is 78.1 Å². The van der Waals surface area contributed by atoms with E-state index in [2.05, 4.69) is 6.58 Å². The van der Waals surface area contributed by atoms with Gasteiger partial charge in [-0.2, -0.15) is 0 Å². The van der Waals surface area contributed by atoms with Gasteiger partial charge in [-0.3, -0.25) is 14.4 Å². The molecule has 0 amide bonds. The number of carbonyl (C=O) groups excluding carboxylic acids is 4. The molecule has 0 saturated heterocycles. The van der Waals surface area contributed by atoms with Crippen molar-refractivity contribution in [2.75, 3.05) is 0 Å². The number of esters is 4. The first-order valence-electron chi connectivity index (χ1n) is 13.2. The SMILES string of the molecule is C=C(C)C(=O)Oc1cc(OC(=O)C(C)(C)CCC(C)(C)C(=O)Oc2ccc(O)cc2OC(=O)C(C)CC)ccc1O. The van der Waals surface area contributed by atoms with E-state index in [4.69, 9.17) is 18.9 Å². The average Bonchev–Trinajstić information content (AvgIpc) is 2.90. The van der Waals surface area contributed by atoms with Crippen molar-refractivity contribution in [2.24, 2.45) is 16.7 Å². The van der Waals surface area contributed by atoms with Crippen molar-refractivity contribution in [1.29, 1.82) is 0 Å². The molecule has 0 aromatic heterocycles. The van der Waals surface area contributed by atoms with E-state index in [9.17, 15) is 29.4 Å². The van der Waals surface area contributed by atoms with Crippen LogP contribution in [0.1, 0.15) is 67.7 Å². The maximum atomic E-state index is 13.1. The molecule has 2 aromatic rings. The minimum atomic E-state index is -1.06. The van der Waals surface area contributed by atoms with Gasteiger partial charge in [-0.15, -0.1) is 0 Å². The third-order valence-electron chi connectivity index (χ3n) is 6.53. The van der Waals surface area contributed by atoms with E-state index >= 15 is 0 Å². The van der Waals surface area contributed by atoms with Crippen LogP contribution in [0.4, 0.5) is 0 Å². The molecule has 10 heteroatoms. The van der Waals surface area contributed by atoms with E-state index in [1.54, 1.807) is 34.6 Å². The topological polar surface area (TPSA) is 146 Å². The number of carbonyl (C=O) groups is 4. The number of phenolic OH excluding ortho intramolecular Hbond substituents is 2. The van der Waals surface area contributed by atoms with E-state index in [0.29, 0.717) is 6.42 Å². The van der Waals surface area contributed by atoms with Gasteiger partial charge in [0.05, 0.1) is 16.7 Å². The molecule has 0 heterocycles. The maximum Gasteiger partial charge on any atom is 0.338 e. The van der Waals surface area contributed by atoms with E-state index in [1.165, 1.54) is 43.3 Å². The summed E-state index contributed by atoms with van der Waals surface area (Å²) in [4.78, 5) is 50.2. The first-order valence-corrected chi connectivity index (χ1v) is 13.2. The minimum Gasteiger partial charge on any atom is -0.508 e. The van der Waals surface area contributed by atoms with Crippen LogP contribution >= 0.6 is 0 Å². The highest BCUT2D eigenvalue weighted by Crippen LogP contribution is 2.37. The summed E-state index contributed by atoms with van der Waals surface area (Å²) in [6, 6.07) is 7.64. The number of ether oxygens (including phenoxy) is 4. The molecule has 1 atom stereocenters. The molecule has 0 aliphatic carbocycles. The lowest BCUT2D eigenvalue weighted by molar-refractivity contribution is -0.148. The quantitative estimate of drug-likeness (QED) is 0.180. The Kier molecular flexibility index (Phi) is 10.7.